The monoisotopic (exact) mass is 467 g/mol. The summed E-state index contributed by atoms with van der Waals surface area (Å²) >= 11 is 0. The number of carbonyl (C=O) groups is 1. The number of imidazole rings is 1. The van der Waals surface area contributed by atoms with Gasteiger partial charge in [-0.2, -0.15) is 0 Å². The number of rotatable bonds is 9. The molecule has 0 bridgehead atoms. The van der Waals surface area contributed by atoms with Gasteiger partial charge in [0.15, 0.2) is 0 Å². The summed E-state index contributed by atoms with van der Waals surface area (Å²) in [7, 11) is 0. The summed E-state index contributed by atoms with van der Waals surface area (Å²) < 4.78 is 8.38. The van der Waals surface area contributed by atoms with Crippen LogP contribution in [0.3, 0.4) is 0 Å². The summed E-state index contributed by atoms with van der Waals surface area (Å²) in [6.45, 7) is 7.12. The van der Waals surface area contributed by atoms with Gasteiger partial charge in [0, 0.05) is 32.0 Å². The average Bonchev–Trinajstić information content (AvgIpc) is 3.42. The number of likely N-dealkylation sites (tertiary alicyclic amines) is 1. The highest BCUT2D eigenvalue weighted by Crippen LogP contribution is 2.31. The van der Waals surface area contributed by atoms with E-state index in [0.717, 1.165) is 55.1 Å². The molecular weight excluding hydrogens is 434 g/mol. The van der Waals surface area contributed by atoms with Gasteiger partial charge in [0.1, 0.15) is 11.6 Å². The second kappa shape index (κ2) is 10.3. The van der Waals surface area contributed by atoms with Crippen molar-refractivity contribution in [2.75, 3.05) is 19.7 Å². The van der Waals surface area contributed by atoms with E-state index >= 15 is 0 Å². The highest BCUT2D eigenvalue weighted by molar-refractivity contribution is 5.81. The van der Waals surface area contributed by atoms with Gasteiger partial charge in [-0.05, 0) is 56.0 Å². The van der Waals surface area contributed by atoms with Crippen molar-refractivity contribution in [1.82, 2.24) is 14.5 Å². The summed E-state index contributed by atoms with van der Waals surface area (Å²) in [6, 6.07) is 24.9. The SMILES string of the molecule is Cc1ccc(OCCCn2c(C3CC(=O)N(CCc4ccccc4)C3)nc3ccccc32)c(C)c1. The van der Waals surface area contributed by atoms with Crippen LogP contribution in [0.4, 0.5) is 0 Å². The molecule has 1 aliphatic rings. The van der Waals surface area contributed by atoms with E-state index in [1.807, 2.05) is 17.0 Å². The number of ether oxygens (including phenoxy) is 1. The first-order valence-electron chi connectivity index (χ1n) is 12.6. The lowest BCUT2D eigenvalue weighted by Gasteiger charge is -2.17. The number of carbonyl (C=O) groups excluding carboxylic acids is 1. The maximum Gasteiger partial charge on any atom is 0.223 e. The van der Waals surface area contributed by atoms with Crippen LogP contribution in [0.15, 0.2) is 72.8 Å². The molecule has 5 heteroatoms. The summed E-state index contributed by atoms with van der Waals surface area (Å²) in [4.78, 5) is 19.8. The largest absolute Gasteiger partial charge is 0.493 e. The molecule has 35 heavy (non-hydrogen) atoms. The quantitative estimate of drug-likeness (QED) is 0.298. The van der Waals surface area contributed by atoms with E-state index < -0.39 is 0 Å². The minimum atomic E-state index is 0.117. The molecule has 3 aromatic carbocycles. The number of benzene rings is 3. The predicted octanol–water partition coefficient (Wildman–Crippen LogP) is 5.68. The van der Waals surface area contributed by atoms with Gasteiger partial charge in [0.25, 0.3) is 0 Å². The summed E-state index contributed by atoms with van der Waals surface area (Å²) in [5, 5.41) is 0. The Kier molecular flexibility index (Phi) is 6.84. The minimum absolute atomic E-state index is 0.117. The smallest absolute Gasteiger partial charge is 0.223 e. The second-order valence-corrected chi connectivity index (χ2v) is 9.56. The number of nitrogens with zero attached hydrogens (tertiary/aromatic N) is 3. The van der Waals surface area contributed by atoms with Gasteiger partial charge in [-0.1, -0.05) is 60.2 Å². The van der Waals surface area contributed by atoms with Crippen LogP contribution in [0.5, 0.6) is 5.75 Å². The van der Waals surface area contributed by atoms with Gasteiger partial charge >= 0.3 is 0 Å². The zero-order chi connectivity index (χ0) is 24.2. The molecule has 0 spiro atoms. The number of aromatic nitrogens is 2. The van der Waals surface area contributed by atoms with Crippen LogP contribution >= 0.6 is 0 Å². The van der Waals surface area contributed by atoms with Crippen LogP contribution in [0.1, 0.15) is 41.3 Å². The van der Waals surface area contributed by atoms with Crippen molar-refractivity contribution in [1.29, 1.82) is 0 Å². The van der Waals surface area contributed by atoms with Crippen LogP contribution in [0.2, 0.25) is 0 Å². The third-order valence-electron chi connectivity index (χ3n) is 6.89. The van der Waals surface area contributed by atoms with E-state index in [2.05, 4.69) is 79.1 Å². The Balaban J connectivity index is 1.27. The van der Waals surface area contributed by atoms with Crippen molar-refractivity contribution in [2.45, 2.75) is 45.6 Å². The molecule has 0 aliphatic carbocycles. The molecule has 5 nitrogen and oxygen atoms in total. The fourth-order valence-electron chi connectivity index (χ4n) is 5.08. The summed E-state index contributed by atoms with van der Waals surface area (Å²) in [5.74, 6) is 2.31. The molecule has 0 N–H and O–H groups in total. The van der Waals surface area contributed by atoms with Gasteiger partial charge in [-0.3, -0.25) is 4.79 Å². The van der Waals surface area contributed by atoms with Gasteiger partial charge < -0.3 is 14.2 Å². The van der Waals surface area contributed by atoms with E-state index in [-0.39, 0.29) is 11.8 Å². The number of para-hydroxylation sites is 2. The van der Waals surface area contributed by atoms with Crippen LogP contribution in [-0.4, -0.2) is 40.1 Å². The molecule has 0 radical (unpaired) electrons. The first-order valence-corrected chi connectivity index (χ1v) is 12.6. The number of hydrogen-bond acceptors (Lipinski definition) is 3. The molecule has 180 valence electrons. The lowest BCUT2D eigenvalue weighted by Crippen LogP contribution is -2.27. The topological polar surface area (TPSA) is 47.4 Å². The first kappa shape index (κ1) is 23.2. The molecule has 1 aliphatic heterocycles. The van der Waals surface area contributed by atoms with E-state index in [1.54, 1.807) is 0 Å². The van der Waals surface area contributed by atoms with Gasteiger partial charge in [-0.15, -0.1) is 0 Å². The van der Waals surface area contributed by atoms with E-state index in [9.17, 15) is 4.79 Å². The molecule has 2 heterocycles. The molecule has 1 unspecified atom stereocenters. The number of hydrogen-bond donors (Lipinski definition) is 0. The zero-order valence-corrected chi connectivity index (χ0v) is 20.6. The Hall–Kier alpha value is -3.60. The lowest BCUT2D eigenvalue weighted by atomic mass is 10.1. The molecule has 1 aromatic heterocycles. The Morgan fingerprint density at radius 1 is 0.971 bits per heavy atom. The predicted molar refractivity (Wildman–Crippen MR) is 140 cm³/mol. The second-order valence-electron chi connectivity index (χ2n) is 9.56. The van der Waals surface area contributed by atoms with Crippen LogP contribution in [-0.2, 0) is 17.8 Å². The fourth-order valence-corrected chi connectivity index (χ4v) is 5.08. The lowest BCUT2D eigenvalue weighted by molar-refractivity contribution is -0.127. The van der Waals surface area contributed by atoms with Gasteiger partial charge in [-0.25, -0.2) is 4.98 Å². The number of amides is 1. The van der Waals surface area contributed by atoms with E-state index in [4.69, 9.17) is 9.72 Å². The Morgan fingerprint density at radius 3 is 2.60 bits per heavy atom. The molecule has 0 saturated carbocycles. The normalized spacial score (nSPS) is 15.8. The third-order valence-corrected chi connectivity index (χ3v) is 6.89. The molecule has 4 aromatic rings. The summed E-state index contributed by atoms with van der Waals surface area (Å²) in [5.41, 5.74) is 5.80. The third kappa shape index (κ3) is 5.24. The summed E-state index contributed by atoms with van der Waals surface area (Å²) in [6.07, 6.45) is 2.28. The van der Waals surface area contributed by atoms with Crippen molar-refractivity contribution in [3.05, 3.63) is 95.3 Å². The highest BCUT2D eigenvalue weighted by atomic mass is 16.5. The van der Waals surface area contributed by atoms with Crippen LogP contribution < -0.4 is 4.74 Å². The maximum absolute atomic E-state index is 12.8. The van der Waals surface area contributed by atoms with Crippen molar-refractivity contribution in [3.8, 4) is 5.75 Å². The Morgan fingerprint density at radius 2 is 1.77 bits per heavy atom. The first-order chi connectivity index (χ1) is 17.1. The molecule has 5 rings (SSSR count). The van der Waals surface area contributed by atoms with Crippen molar-refractivity contribution < 1.29 is 9.53 Å². The highest BCUT2D eigenvalue weighted by Gasteiger charge is 2.33. The number of fused-ring (bicyclic) bond motifs is 1. The molecule has 1 amide bonds. The Labute approximate surface area is 207 Å². The van der Waals surface area contributed by atoms with E-state index in [0.29, 0.717) is 13.0 Å². The van der Waals surface area contributed by atoms with Crippen molar-refractivity contribution in [3.63, 3.8) is 0 Å². The Bertz CT molecular complexity index is 1310. The molecule has 1 fully saturated rings. The standard InChI is InChI=1S/C30H33N3O2/c1-22-13-14-28(23(2)19-22)35-18-8-16-33-27-12-7-6-11-26(27)31-30(33)25-20-29(34)32(21-25)17-15-24-9-4-3-5-10-24/h3-7,9-14,19,25H,8,15-18,20-21H2,1-2H3. The minimum Gasteiger partial charge on any atom is -0.493 e. The molecule has 1 atom stereocenters. The van der Waals surface area contributed by atoms with Crippen molar-refractivity contribution in [2.24, 2.45) is 0 Å². The average molecular weight is 468 g/mol. The van der Waals surface area contributed by atoms with Crippen LogP contribution in [0.25, 0.3) is 11.0 Å². The zero-order valence-electron chi connectivity index (χ0n) is 20.6. The maximum atomic E-state index is 12.8. The number of aryl methyl sites for hydroxylation is 3. The van der Waals surface area contributed by atoms with Crippen LogP contribution in [0, 0.1) is 13.8 Å². The fraction of sp³-hybridized carbons (Fsp3) is 0.333. The molecular formula is C30H33N3O2. The van der Waals surface area contributed by atoms with Gasteiger partial charge in [0.05, 0.1) is 17.6 Å². The van der Waals surface area contributed by atoms with E-state index in [1.165, 1.54) is 16.7 Å². The molecule has 1 saturated heterocycles. The van der Waals surface area contributed by atoms with Crippen molar-refractivity contribution >= 4 is 16.9 Å². The van der Waals surface area contributed by atoms with Gasteiger partial charge in [0.2, 0.25) is 5.91 Å².